The first kappa shape index (κ1) is 14.2. The quantitative estimate of drug-likeness (QED) is 0.843. The zero-order valence-electron chi connectivity index (χ0n) is 10.7. The molecule has 0 radical (unpaired) electrons. The zero-order chi connectivity index (χ0) is 14.4. The van der Waals surface area contributed by atoms with Gasteiger partial charge in [-0.1, -0.05) is 34.0 Å². The van der Waals surface area contributed by atoms with E-state index in [1.165, 1.54) is 0 Å². The second-order valence-corrected chi connectivity index (χ2v) is 5.05. The van der Waals surface area contributed by atoms with E-state index in [4.69, 9.17) is 6.42 Å². The fourth-order valence-electron chi connectivity index (χ4n) is 1.67. The minimum Gasteiger partial charge on any atom is -0.376 e. The molecule has 0 aliphatic carbocycles. The fraction of sp³-hybridized carbons (Fsp3) is 0.0625. The molecule has 0 saturated carbocycles. The van der Waals surface area contributed by atoms with Gasteiger partial charge >= 0.3 is 0 Å². The van der Waals surface area contributed by atoms with Crippen LogP contribution < -0.4 is 10.6 Å². The minimum atomic E-state index is -0.116. The average Bonchev–Trinajstić information content (AvgIpc) is 2.45. The van der Waals surface area contributed by atoms with Crippen molar-refractivity contribution in [2.45, 2.75) is 0 Å². The van der Waals surface area contributed by atoms with Gasteiger partial charge < -0.3 is 10.6 Å². The molecule has 0 fully saturated rings. The third-order valence-corrected chi connectivity index (χ3v) is 3.08. The maximum absolute atomic E-state index is 11.8. The molecule has 4 heteroatoms. The van der Waals surface area contributed by atoms with Crippen molar-refractivity contribution in [3.63, 3.8) is 0 Å². The normalized spacial score (nSPS) is 9.60. The van der Waals surface area contributed by atoms with Crippen molar-refractivity contribution in [2.75, 3.05) is 17.2 Å². The molecule has 0 aliphatic heterocycles. The Morgan fingerprint density at radius 1 is 1.15 bits per heavy atom. The van der Waals surface area contributed by atoms with Gasteiger partial charge in [0.25, 0.3) is 0 Å². The van der Waals surface area contributed by atoms with Gasteiger partial charge in [0.1, 0.15) is 0 Å². The average molecular weight is 329 g/mol. The summed E-state index contributed by atoms with van der Waals surface area (Å²) >= 11 is 3.36. The second-order valence-electron chi connectivity index (χ2n) is 4.14. The van der Waals surface area contributed by atoms with Gasteiger partial charge in [0, 0.05) is 21.4 Å². The molecule has 0 unspecified atom stereocenters. The van der Waals surface area contributed by atoms with Crippen LogP contribution in [0.15, 0.2) is 53.0 Å². The maximum Gasteiger partial charge on any atom is 0.243 e. The molecule has 0 spiro atoms. The van der Waals surface area contributed by atoms with E-state index in [2.05, 4.69) is 32.5 Å². The molecule has 2 aromatic carbocycles. The summed E-state index contributed by atoms with van der Waals surface area (Å²) in [6, 6.07) is 14.8. The molecule has 0 saturated heterocycles. The molecule has 0 heterocycles. The summed E-state index contributed by atoms with van der Waals surface area (Å²) < 4.78 is 0.921. The van der Waals surface area contributed by atoms with Crippen molar-refractivity contribution in [1.82, 2.24) is 0 Å². The van der Waals surface area contributed by atoms with Gasteiger partial charge in [-0.3, -0.25) is 4.79 Å². The van der Waals surface area contributed by atoms with Gasteiger partial charge in [0.15, 0.2) is 0 Å². The number of hydrogen-bond donors (Lipinski definition) is 2. The third-order valence-electron chi connectivity index (χ3n) is 2.59. The molecule has 3 nitrogen and oxygen atoms in total. The summed E-state index contributed by atoms with van der Waals surface area (Å²) in [6.07, 6.45) is 5.33. The van der Waals surface area contributed by atoms with Crippen molar-refractivity contribution in [3.8, 4) is 12.3 Å². The highest BCUT2D eigenvalue weighted by Crippen LogP contribution is 2.15. The van der Waals surface area contributed by atoms with Crippen molar-refractivity contribution in [1.29, 1.82) is 0 Å². The lowest BCUT2D eigenvalue weighted by molar-refractivity contribution is -0.114. The van der Waals surface area contributed by atoms with Crippen LogP contribution in [0.2, 0.25) is 0 Å². The Morgan fingerprint density at radius 3 is 2.65 bits per heavy atom. The lowest BCUT2D eigenvalue weighted by atomic mass is 10.2. The van der Waals surface area contributed by atoms with Gasteiger partial charge in [-0.15, -0.1) is 6.42 Å². The van der Waals surface area contributed by atoms with Crippen LogP contribution in [-0.2, 0) is 4.79 Å². The number of amides is 1. The molecular formula is C16H13BrN2O. The topological polar surface area (TPSA) is 41.1 Å². The first-order valence-electron chi connectivity index (χ1n) is 6.03. The minimum absolute atomic E-state index is 0.116. The smallest absolute Gasteiger partial charge is 0.243 e. The number of halogens is 1. The highest BCUT2D eigenvalue weighted by atomic mass is 79.9. The number of hydrogen-bond acceptors (Lipinski definition) is 2. The Kier molecular flexibility index (Phi) is 4.80. The number of carbonyl (C=O) groups excluding carboxylic acids is 1. The molecule has 2 N–H and O–H groups in total. The molecule has 100 valence electrons. The van der Waals surface area contributed by atoms with Crippen molar-refractivity contribution >= 4 is 33.2 Å². The second kappa shape index (κ2) is 6.78. The maximum atomic E-state index is 11.8. The van der Waals surface area contributed by atoms with Crippen LogP contribution in [0, 0.1) is 12.3 Å². The molecule has 1 amide bonds. The van der Waals surface area contributed by atoms with Crippen LogP contribution >= 0.6 is 15.9 Å². The number of anilines is 2. The molecule has 2 aromatic rings. The predicted octanol–water partition coefficient (Wildman–Crippen LogP) is 3.48. The van der Waals surface area contributed by atoms with Gasteiger partial charge in [-0.05, 0) is 36.4 Å². The standard InChI is InChI=1S/C16H13BrN2O/c1-2-12-5-3-7-14(9-12)18-11-16(20)19-15-8-4-6-13(17)10-15/h1,3-10,18H,11H2,(H,19,20). The molecule has 2 rings (SSSR count). The van der Waals surface area contributed by atoms with Gasteiger partial charge in [0.05, 0.1) is 6.54 Å². The summed E-state index contributed by atoms with van der Waals surface area (Å²) in [7, 11) is 0. The first-order valence-corrected chi connectivity index (χ1v) is 6.82. The summed E-state index contributed by atoms with van der Waals surface area (Å²) in [5.74, 6) is 2.44. The van der Waals surface area contributed by atoms with E-state index in [9.17, 15) is 4.79 Å². The van der Waals surface area contributed by atoms with Crippen LogP contribution in [0.5, 0.6) is 0 Å². The fourth-order valence-corrected chi connectivity index (χ4v) is 2.07. The van der Waals surface area contributed by atoms with Crippen LogP contribution in [0.25, 0.3) is 0 Å². The largest absolute Gasteiger partial charge is 0.376 e. The van der Waals surface area contributed by atoms with Gasteiger partial charge in [-0.25, -0.2) is 0 Å². The van der Waals surface area contributed by atoms with Crippen molar-refractivity contribution < 1.29 is 4.79 Å². The highest BCUT2D eigenvalue weighted by molar-refractivity contribution is 9.10. The van der Waals surface area contributed by atoms with Crippen LogP contribution in [0.4, 0.5) is 11.4 Å². The molecular weight excluding hydrogens is 316 g/mol. The highest BCUT2D eigenvalue weighted by Gasteiger charge is 2.02. The van der Waals surface area contributed by atoms with Crippen LogP contribution in [-0.4, -0.2) is 12.5 Å². The SMILES string of the molecule is C#Cc1cccc(NCC(=O)Nc2cccc(Br)c2)c1. The summed E-state index contributed by atoms with van der Waals surface area (Å²) in [4.78, 5) is 11.8. The van der Waals surface area contributed by atoms with Crippen molar-refractivity contribution in [2.24, 2.45) is 0 Å². The number of carbonyl (C=O) groups is 1. The van der Waals surface area contributed by atoms with E-state index in [0.29, 0.717) is 0 Å². The molecule has 0 atom stereocenters. The van der Waals surface area contributed by atoms with E-state index in [0.717, 1.165) is 21.4 Å². The number of terminal acetylenes is 1. The zero-order valence-corrected chi connectivity index (χ0v) is 12.3. The predicted molar refractivity (Wildman–Crippen MR) is 85.6 cm³/mol. The lowest BCUT2D eigenvalue weighted by Gasteiger charge is -2.08. The Bertz CT molecular complexity index is 662. The molecule has 20 heavy (non-hydrogen) atoms. The molecule has 0 aliphatic rings. The van der Waals surface area contributed by atoms with E-state index >= 15 is 0 Å². The number of nitrogens with one attached hydrogen (secondary N) is 2. The van der Waals surface area contributed by atoms with E-state index in [1.807, 2.05) is 48.5 Å². The van der Waals surface area contributed by atoms with Gasteiger partial charge in [0.2, 0.25) is 5.91 Å². The summed E-state index contributed by atoms with van der Waals surface area (Å²) in [5, 5.41) is 5.84. The number of rotatable bonds is 4. The third kappa shape index (κ3) is 4.15. The Labute approximate surface area is 126 Å². The van der Waals surface area contributed by atoms with E-state index in [-0.39, 0.29) is 12.5 Å². The summed E-state index contributed by atoms with van der Waals surface area (Å²) in [5.41, 5.74) is 2.36. The Hall–Kier alpha value is -2.25. The van der Waals surface area contributed by atoms with Crippen LogP contribution in [0.1, 0.15) is 5.56 Å². The lowest BCUT2D eigenvalue weighted by Crippen LogP contribution is -2.21. The molecule has 0 bridgehead atoms. The van der Waals surface area contributed by atoms with E-state index < -0.39 is 0 Å². The van der Waals surface area contributed by atoms with Crippen LogP contribution in [0.3, 0.4) is 0 Å². The first-order chi connectivity index (χ1) is 9.67. The van der Waals surface area contributed by atoms with Gasteiger partial charge in [-0.2, -0.15) is 0 Å². The monoisotopic (exact) mass is 328 g/mol. The number of benzene rings is 2. The Morgan fingerprint density at radius 2 is 1.90 bits per heavy atom. The molecule has 0 aromatic heterocycles. The summed E-state index contributed by atoms with van der Waals surface area (Å²) in [6.45, 7) is 0.181. The van der Waals surface area contributed by atoms with Crippen molar-refractivity contribution in [3.05, 3.63) is 58.6 Å². The van der Waals surface area contributed by atoms with E-state index in [1.54, 1.807) is 0 Å². The Balaban J connectivity index is 1.90.